The first-order chi connectivity index (χ1) is 12.3. The predicted octanol–water partition coefficient (Wildman–Crippen LogP) is 5.60. The zero-order chi connectivity index (χ0) is 16.8. The summed E-state index contributed by atoms with van der Waals surface area (Å²) >= 11 is 0. The number of hydrogen-bond acceptors (Lipinski definition) is 2. The van der Waals surface area contributed by atoms with Crippen molar-refractivity contribution in [2.45, 2.75) is 45.1 Å². The fourth-order valence-electron chi connectivity index (χ4n) is 4.77. The van der Waals surface area contributed by atoms with Crippen LogP contribution in [-0.2, 0) is 13.0 Å². The lowest BCUT2D eigenvalue weighted by molar-refractivity contribution is 0.505. The summed E-state index contributed by atoms with van der Waals surface area (Å²) in [6.45, 7) is 3.04. The Hall–Kier alpha value is -2.35. The number of rotatable bonds is 3. The number of aromatic nitrogens is 1. The molecular weight excluding hydrogens is 304 g/mol. The highest BCUT2D eigenvalue weighted by atomic mass is 14.9. The van der Waals surface area contributed by atoms with E-state index < -0.39 is 0 Å². The minimum atomic E-state index is 0.678. The molecule has 1 N–H and O–H groups in total. The summed E-state index contributed by atoms with van der Waals surface area (Å²) < 4.78 is 0. The number of anilines is 1. The van der Waals surface area contributed by atoms with Crippen molar-refractivity contribution >= 4 is 16.6 Å². The van der Waals surface area contributed by atoms with Gasteiger partial charge in [0.2, 0.25) is 0 Å². The van der Waals surface area contributed by atoms with Crippen molar-refractivity contribution in [3.8, 4) is 0 Å². The van der Waals surface area contributed by atoms with Crippen LogP contribution in [0, 0.1) is 12.8 Å². The lowest BCUT2D eigenvalue weighted by Crippen LogP contribution is -2.16. The quantitative estimate of drug-likeness (QED) is 0.677. The summed E-state index contributed by atoms with van der Waals surface area (Å²) in [5, 5.41) is 5.08. The lowest BCUT2D eigenvalue weighted by atomic mass is 9.84. The Labute approximate surface area is 149 Å². The highest BCUT2D eigenvalue weighted by molar-refractivity contribution is 5.94. The molecule has 1 saturated carbocycles. The van der Waals surface area contributed by atoms with Crippen molar-refractivity contribution in [3.63, 3.8) is 0 Å². The molecule has 1 fully saturated rings. The summed E-state index contributed by atoms with van der Waals surface area (Å²) in [7, 11) is 0. The molecule has 2 heteroatoms. The molecule has 0 spiro atoms. The fourth-order valence-corrected chi connectivity index (χ4v) is 4.77. The molecule has 5 rings (SSSR count). The van der Waals surface area contributed by atoms with Gasteiger partial charge in [0, 0.05) is 29.2 Å². The Morgan fingerprint density at radius 1 is 1.08 bits per heavy atom. The largest absolute Gasteiger partial charge is 0.380 e. The van der Waals surface area contributed by atoms with Gasteiger partial charge in [0.15, 0.2) is 0 Å². The van der Waals surface area contributed by atoms with Crippen molar-refractivity contribution < 1.29 is 0 Å². The third-order valence-electron chi connectivity index (χ3n) is 6.01. The molecule has 2 nitrogen and oxygen atoms in total. The van der Waals surface area contributed by atoms with Crippen molar-refractivity contribution in [2.75, 3.05) is 5.32 Å². The zero-order valence-corrected chi connectivity index (χ0v) is 14.8. The first-order valence-electron chi connectivity index (χ1n) is 9.49. The van der Waals surface area contributed by atoms with Crippen LogP contribution >= 0.6 is 0 Å². The standard InChI is InChI=1S/C23H24N2/c1-15-7-10-21-19(11-15)23(24-14-16-5-3-2-4-6-16)20-13-17-8-9-18(12-17)22(20)25-21/h2-7,10-11,17-18H,8-9,12-14H2,1H3,(H,24,25). The van der Waals surface area contributed by atoms with Gasteiger partial charge in [-0.15, -0.1) is 0 Å². The van der Waals surface area contributed by atoms with E-state index in [4.69, 9.17) is 4.98 Å². The Bertz CT molecular complexity index is 930. The van der Waals surface area contributed by atoms with Crippen LogP contribution in [-0.4, -0.2) is 4.98 Å². The molecule has 3 aromatic rings. The van der Waals surface area contributed by atoms with Gasteiger partial charge in [-0.05, 0) is 61.8 Å². The summed E-state index contributed by atoms with van der Waals surface area (Å²) in [6, 6.07) is 17.4. The molecular formula is C23H24N2. The summed E-state index contributed by atoms with van der Waals surface area (Å²) in [4.78, 5) is 5.11. The SMILES string of the molecule is Cc1ccc2nc3c(c(NCc4ccccc4)c2c1)CC1CCC3C1. The van der Waals surface area contributed by atoms with Crippen LogP contribution < -0.4 is 5.32 Å². The van der Waals surface area contributed by atoms with Gasteiger partial charge in [-0.25, -0.2) is 0 Å². The lowest BCUT2D eigenvalue weighted by Gasteiger charge is -2.26. The number of nitrogens with one attached hydrogen (secondary N) is 1. The molecule has 2 aliphatic carbocycles. The van der Waals surface area contributed by atoms with Gasteiger partial charge in [0.25, 0.3) is 0 Å². The third-order valence-corrected chi connectivity index (χ3v) is 6.01. The summed E-state index contributed by atoms with van der Waals surface area (Å²) in [5.74, 6) is 1.54. The first kappa shape index (κ1) is 14.9. The second kappa shape index (κ2) is 5.87. The maximum Gasteiger partial charge on any atom is 0.0726 e. The molecule has 0 amide bonds. The molecule has 2 bridgehead atoms. The average molecular weight is 328 g/mol. The number of fused-ring (bicyclic) bond motifs is 5. The number of hydrogen-bond donors (Lipinski definition) is 1. The molecule has 0 saturated heterocycles. The van der Waals surface area contributed by atoms with Gasteiger partial charge in [0.1, 0.15) is 0 Å². The number of aryl methyl sites for hydroxylation is 1. The maximum atomic E-state index is 5.11. The Morgan fingerprint density at radius 3 is 2.84 bits per heavy atom. The van der Waals surface area contributed by atoms with E-state index in [1.807, 2.05) is 0 Å². The second-order valence-corrected chi connectivity index (χ2v) is 7.79. The van der Waals surface area contributed by atoms with Crippen molar-refractivity contribution in [1.82, 2.24) is 4.98 Å². The van der Waals surface area contributed by atoms with E-state index in [-0.39, 0.29) is 0 Å². The Morgan fingerprint density at radius 2 is 1.96 bits per heavy atom. The van der Waals surface area contributed by atoms with Gasteiger partial charge in [-0.1, -0.05) is 42.0 Å². The number of nitrogens with zero attached hydrogens (tertiary/aromatic N) is 1. The van der Waals surface area contributed by atoms with Gasteiger partial charge in [-0.3, -0.25) is 4.98 Å². The molecule has 2 atom stereocenters. The minimum Gasteiger partial charge on any atom is -0.380 e. The molecule has 0 radical (unpaired) electrons. The molecule has 2 aromatic carbocycles. The van der Waals surface area contributed by atoms with Crippen molar-refractivity contribution in [2.24, 2.45) is 5.92 Å². The highest BCUT2D eigenvalue weighted by Crippen LogP contribution is 2.48. The first-order valence-corrected chi connectivity index (χ1v) is 9.49. The van der Waals surface area contributed by atoms with Crippen LogP contribution in [0.4, 0.5) is 5.69 Å². The van der Waals surface area contributed by atoms with E-state index in [1.165, 1.54) is 59.1 Å². The molecule has 25 heavy (non-hydrogen) atoms. The Kier molecular flexibility index (Phi) is 3.51. The fraction of sp³-hybridized carbons (Fsp3) is 0.348. The topological polar surface area (TPSA) is 24.9 Å². The minimum absolute atomic E-state index is 0.678. The maximum absolute atomic E-state index is 5.11. The molecule has 2 aliphatic rings. The zero-order valence-electron chi connectivity index (χ0n) is 14.8. The summed E-state index contributed by atoms with van der Waals surface area (Å²) in [6.07, 6.45) is 5.23. The Balaban J connectivity index is 1.64. The molecule has 2 unspecified atom stereocenters. The molecule has 1 aromatic heterocycles. The van der Waals surface area contributed by atoms with E-state index in [0.29, 0.717) is 5.92 Å². The predicted molar refractivity (Wildman–Crippen MR) is 104 cm³/mol. The van der Waals surface area contributed by atoms with E-state index in [0.717, 1.165) is 18.0 Å². The van der Waals surface area contributed by atoms with Crippen LogP contribution in [0.5, 0.6) is 0 Å². The van der Waals surface area contributed by atoms with Crippen LogP contribution in [0.3, 0.4) is 0 Å². The van der Waals surface area contributed by atoms with Crippen LogP contribution in [0.15, 0.2) is 48.5 Å². The van der Waals surface area contributed by atoms with Crippen molar-refractivity contribution in [1.29, 1.82) is 0 Å². The summed E-state index contributed by atoms with van der Waals surface area (Å²) in [5.41, 5.74) is 7.98. The van der Waals surface area contributed by atoms with Crippen LogP contribution in [0.1, 0.15) is 47.6 Å². The highest BCUT2D eigenvalue weighted by Gasteiger charge is 2.35. The van der Waals surface area contributed by atoms with E-state index >= 15 is 0 Å². The molecule has 0 aliphatic heterocycles. The number of pyridine rings is 1. The third kappa shape index (κ3) is 2.60. The number of benzene rings is 2. The smallest absolute Gasteiger partial charge is 0.0726 e. The van der Waals surface area contributed by atoms with Crippen LogP contribution in [0.25, 0.3) is 10.9 Å². The van der Waals surface area contributed by atoms with E-state index in [1.54, 1.807) is 0 Å². The van der Waals surface area contributed by atoms with Gasteiger partial charge in [-0.2, -0.15) is 0 Å². The van der Waals surface area contributed by atoms with Gasteiger partial charge >= 0.3 is 0 Å². The van der Waals surface area contributed by atoms with Crippen LogP contribution in [0.2, 0.25) is 0 Å². The normalized spacial score (nSPS) is 21.3. The van der Waals surface area contributed by atoms with E-state index in [9.17, 15) is 0 Å². The van der Waals surface area contributed by atoms with E-state index in [2.05, 4.69) is 60.8 Å². The average Bonchev–Trinajstić information content (AvgIpc) is 3.03. The molecule has 126 valence electrons. The van der Waals surface area contributed by atoms with Crippen molar-refractivity contribution in [3.05, 3.63) is 70.9 Å². The monoisotopic (exact) mass is 328 g/mol. The van der Waals surface area contributed by atoms with Gasteiger partial charge in [0.05, 0.1) is 5.52 Å². The molecule has 1 heterocycles. The second-order valence-electron chi connectivity index (χ2n) is 7.79. The van der Waals surface area contributed by atoms with Gasteiger partial charge < -0.3 is 5.32 Å².